The Morgan fingerprint density at radius 3 is 2.48 bits per heavy atom. The molecule has 0 aliphatic carbocycles. The molecule has 2 amide bonds. The molecule has 29 heavy (non-hydrogen) atoms. The topological polar surface area (TPSA) is 122 Å². The zero-order valence-electron chi connectivity index (χ0n) is 15.4. The number of carbonyl (C=O) groups excluding carboxylic acids is 1. The van der Waals surface area contributed by atoms with Gasteiger partial charge in [0.1, 0.15) is 5.82 Å². The zero-order valence-corrected chi connectivity index (χ0v) is 15.4. The molecule has 0 atom stereocenters. The second-order valence-electron chi connectivity index (χ2n) is 6.50. The minimum atomic E-state index is -0.473. The van der Waals surface area contributed by atoms with Gasteiger partial charge < -0.3 is 22.1 Å². The van der Waals surface area contributed by atoms with E-state index < -0.39 is 11.8 Å². The average molecular weight is 390 g/mol. The third-order valence-electron chi connectivity index (χ3n) is 4.60. The number of urea groups is 1. The summed E-state index contributed by atoms with van der Waals surface area (Å²) in [6, 6.07) is 17.0. The molecule has 0 saturated carbocycles. The summed E-state index contributed by atoms with van der Waals surface area (Å²) in [5, 5.41) is 13.1. The smallest absolute Gasteiger partial charge is 0.323 e. The molecule has 4 aromatic rings. The van der Waals surface area contributed by atoms with Crippen LogP contribution in [0.2, 0.25) is 0 Å². The summed E-state index contributed by atoms with van der Waals surface area (Å²) in [5.41, 5.74) is 15.5. The lowest BCUT2D eigenvalue weighted by molar-refractivity contribution is 0.262. The Kier molecular flexibility index (Phi) is 4.84. The summed E-state index contributed by atoms with van der Waals surface area (Å²) < 4.78 is 13.8. The number of nitrogens with zero attached hydrogens (tertiary/aromatic N) is 1. The molecule has 0 bridgehead atoms. The number of nitrogens with two attached hydrogens (primary N) is 2. The van der Waals surface area contributed by atoms with E-state index in [1.807, 2.05) is 30.3 Å². The number of fused-ring (bicyclic) bond motifs is 1. The van der Waals surface area contributed by atoms with Crippen molar-refractivity contribution in [3.63, 3.8) is 0 Å². The third kappa shape index (κ3) is 3.74. The van der Waals surface area contributed by atoms with Crippen molar-refractivity contribution in [2.24, 2.45) is 5.73 Å². The summed E-state index contributed by atoms with van der Waals surface area (Å²) in [6.07, 6.45) is 0. The molecule has 3 aromatic carbocycles. The number of hydrogen-bond acceptors (Lipinski definition) is 4. The molecule has 0 aliphatic rings. The molecule has 0 saturated heterocycles. The summed E-state index contributed by atoms with van der Waals surface area (Å²) in [4.78, 5) is 12.2. The number of nitrogen functional groups attached to an aromatic ring is 1. The van der Waals surface area contributed by atoms with Crippen LogP contribution < -0.4 is 22.1 Å². The van der Waals surface area contributed by atoms with E-state index in [4.69, 9.17) is 11.5 Å². The third-order valence-corrected chi connectivity index (χ3v) is 4.60. The number of carbonyl (C=O) groups is 1. The molecule has 0 spiro atoms. The SMILES string of the molecule is NCc1ccc(NC(=O)Nc2ccc(-c3cccc4[nH]nc(N)c34)cc2)cc1F. The average Bonchev–Trinajstić information content (AvgIpc) is 3.10. The highest BCUT2D eigenvalue weighted by Gasteiger charge is 2.10. The van der Waals surface area contributed by atoms with E-state index >= 15 is 0 Å². The number of hydrogen-bond donors (Lipinski definition) is 5. The van der Waals surface area contributed by atoms with Gasteiger partial charge in [0.2, 0.25) is 0 Å². The lowest BCUT2D eigenvalue weighted by Crippen LogP contribution is -2.19. The number of nitrogens with one attached hydrogen (secondary N) is 3. The van der Waals surface area contributed by atoms with Crippen molar-refractivity contribution >= 4 is 34.1 Å². The van der Waals surface area contributed by atoms with Crippen LogP contribution in [0.25, 0.3) is 22.0 Å². The van der Waals surface area contributed by atoms with E-state index in [2.05, 4.69) is 20.8 Å². The van der Waals surface area contributed by atoms with Gasteiger partial charge in [-0.05, 0) is 41.5 Å². The molecular weight excluding hydrogens is 371 g/mol. The van der Waals surface area contributed by atoms with Gasteiger partial charge >= 0.3 is 6.03 Å². The number of H-pyrrole nitrogens is 1. The molecule has 1 heterocycles. The van der Waals surface area contributed by atoms with Crippen LogP contribution in [0.3, 0.4) is 0 Å². The van der Waals surface area contributed by atoms with Crippen LogP contribution in [-0.2, 0) is 6.54 Å². The van der Waals surface area contributed by atoms with Gasteiger partial charge in [-0.2, -0.15) is 5.10 Å². The van der Waals surface area contributed by atoms with Gasteiger partial charge in [-0.1, -0.05) is 30.3 Å². The highest BCUT2D eigenvalue weighted by Crippen LogP contribution is 2.31. The first-order valence-corrected chi connectivity index (χ1v) is 8.94. The van der Waals surface area contributed by atoms with Crippen molar-refractivity contribution in [1.82, 2.24) is 10.2 Å². The van der Waals surface area contributed by atoms with Gasteiger partial charge in [0.25, 0.3) is 0 Å². The molecule has 0 fully saturated rings. The monoisotopic (exact) mass is 390 g/mol. The number of benzene rings is 3. The van der Waals surface area contributed by atoms with Gasteiger partial charge in [-0.15, -0.1) is 0 Å². The maximum Gasteiger partial charge on any atom is 0.323 e. The molecule has 146 valence electrons. The van der Waals surface area contributed by atoms with Crippen molar-refractivity contribution in [3.05, 3.63) is 72.0 Å². The second kappa shape index (κ2) is 7.61. The van der Waals surface area contributed by atoms with Gasteiger partial charge in [0.15, 0.2) is 5.82 Å². The number of amides is 2. The number of rotatable bonds is 4. The fourth-order valence-corrected chi connectivity index (χ4v) is 3.16. The Morgan fingerprint density at radius 1 is 1.03 bits per heavy atom. The van der Waals surface area contributed by atoms with Crippen molar-refractivity contribution in [2.45, 2.75) is 6.54 Å². The number of anilines is 3. The van der Waals surface area contributed by atoms with Gasteiger partial charge in [-0.3, -0.25) is 5.10 Å². The van der Waals surface area contributed by atoms with Gasteiger partial charge in [-0.25, -0.2) is 9.18 Å². The maximum atomic E-state index is 13.8. The normalized spacial score (nSPS) is 10.8. The highest BCUT2D eigenvalue weighted by atomic mass is 19.1. The van der Waals surface area contributed by atoms with Crippen LogP contribution in [0, 0.1) is 5.82 Å². The van der Waals surface area contributed by atoms with E-state index in [1.165, 1.54) is 6.07 Å². The van der Waals surface area contributed by atoms with E-state index in [0.717, 1.165) is 22.0 Å². The number of aromatic nitrogens is 2. The maximum absolute atomic E-state index is 13.8. The molecule has 7 nitrogen and oxygen atoms in total. The first-order valence-electron chi connectivity index (χ1n) is 8.94. The Labute approximate surface area is 165 Å². The summed E-state index contributed by atoms with van der Waals surface area (Å²) in [5.74, 6) is -0.0209. The van der Waals surface area contributed by atoms with E-state index in [0.29, 0.717) is 22.8 Å². The quantitative estimate of drug-likeness (QED) is 0.361. The molecule has 0 aliphatic heterocycles. The van der Waals surface area contributed by atoms with Crippen molar-refractivity contribution < 1.29 is 9.18 Å². The van der Waals surface area contributed by atoms with Crippen LogP contribution in [0.5, 0.6) is 0 Å². The van der Waals surface area contributed by atoms with Crippen LogP contribution in [0.4, 0.5) is 26.4 Å². The number of aromatic amines is 1. The first-order chi connectivity index (χ1) is 14.0. The van der Waals surface area contributed by atoms with Crippen molar-refractivity contribution in [2.75, 3.05) is 16.4 Å². The van der Waals surface area contributed by atoms with Crippen molar-refractivity contribution in [3.8, 4) is 11.1 Å². The molecule has 0 radical (unpaired) electrons. The van der Waals surface area contributed by atoms with Crippen LogP contribution in [0.1, 0.15) is 5.56 Å². The van der Waals surface area contributed by atoms with E-state index in [1.54, 1.807) is 24.3 Å². The second-order valence-corrected chi connectivity index (χ2v) is 6.50. The predicted octanol–water partition coefficient (Wildman–Crippen LogP) is 4.05. The highest BCUT2D eigenvalue weighted by molar-refractivity contribution is 6.02. The fourth-order valence-electron chi connectivity index (χ4n) is 3.16. The minimum Gasteiger partial charge on any atom is -0.382 e. The van der Waals surface area contributed by atoms with Gasteiger partial charge in [0.05, 0.1) is 10.9 Å². The molecule has 8 heteroatoms. The van der Waals surface area contributed by atoms with Crippen molar-refractivity contribution in [1.29, 1.82) is 0 Å². The lowest BCUT2D eigenvalue weighted by Gasteiger charge is -2.10. The Balaban J connectivity index is 1.49. The van der Waals surface area contributed by atoms with E-state index in [-0.39, 0.29) is 6.54 Å². The summed E-state index contributed by atoms with van der Waals surface area (Å²) >= 11 is 0. The number of halogens is 1. The Hall–Kier alpha value is -3.91. The van der Waals surface area contributed by atoms with Crippen LogP contribution >= 0.6 is 0 Å². The van der Waals surface area contributed by atoms with Crippen LogP contribution in [0.15, 0.2) is 60.7 Å². The standard InChI is InChI=1S/C21H19FN6O/c22-17-10-15(9-6-13(17)11-23)26-21(29)25-14-7-4-12(5-8-14)16-2-1-3-18-19(16)20(24)28-27-18/h1-10H,11,23H2,(H3,24,27,28)(H2,25,26,29). The largest absolute Gasteiger partial charge is 0.382 e. The molecule has 7 N–H and O–H groups in total. The molecule has 0 unspecified atom stereocenters. The summed E-state index contributed by atoms with van der Waals surface area (Å²) in [7, 11) is 0. The molecule has 1 aromatic heterocycles. The summed E-state index contributed by atoms with van der Waals surface area (Å²) in [6.45, 7) is 0.100. The van der Waals surface area contributed by atoms with Gasteiger partial charge in [0, 0.05) is 23.5 Å². The molecule has 4 rings (SSSR count). The van der Waals surface area contributed by atoms with E-state index in [9.17, 15) is 9.18 Å². The lowest BCUT2D eigenvalue weighted by atomic mass is 10.0. The minimum absolute atomic E-state index is 0.100. The Bertz CT molecular complexity index is 1190. The molecular formula is C21H19FN6O. The Morgan fingerprint density at radius 2 is 1.76 bits per heavy atom. The zero-order chi connectivity index (χ0) is 20.4. The van der Waals surface area contributed by atoms with Crippen LogP contribution in [-0.4, -0.2) is 16.2 Å². The predicted molar refractivity (Wildman–Crippen MR) is 113 cm³/mol. The first kappa shape index (κ1) is 18.5. The fraction of sp³-hybridized carbons (Fsp3) is 0.0476.